The molecule has 0 aliphatic heterocycles. The summed E-state index contributed by atoms with van der Waals surface area (Å²) in [7, 11) is 0. The standard InChI is InChI=1S/C25H17Cl2N/c1-3-8-17(4-2)19-11-20(18-9-6-5-7-10-18)13-21(12-19)22-14-24(26)23(16-28)25(27)15-22/h3-15H,1-2H2/b17-8+. The minimum atomic E-state index is 0.282. The molecule has 0 heterocycles. The van der Waals surface area contributed by atoms with Crippen molar-refractivity contribution in [2.45, 2.75) is 0 Å². The Morgan fingerprint density at radius 1 is 0.821 bits per heavy atom. The lowest BCUT2D eigenvalue weighted by Gasteiger charge is -2.12. The first-order chi connectivity index (χ1) is 13.6. The minimum Gasteiger partial charge on any atom is -0.192 e. The highest BCUT2D eigenvalue weighted by Gasteiger charge is 2.12. The van der Waals surface area contributed by atoms with Crippen LogP contribution in [0.3, 0.4) is 0 Å². The van der Waals surface area contributed by atoms with E-state index < -0.39 is 0 Å². The summed E-state index contributed by atoms with van der Waals surface area (Å²) in [6.45, 7) is 7.71. The third-order valence-corrected chi connectivity index (χ3v) is 4.97. The normalized spacial score (nSPS) is 11.0. The van der Waals surface area contributed by atoms with Gasteiger partial charge in [0.05, 0.1) is 15.6 Å². The Kier molecular flexibility index (Phi) is 6.16. The van der Waals surface area contributed by atoms with E-state index in [2.05, 4.69) is 43.5 Å². The molecule has 0 bridgehead atoms. The Hall–Kier alpha value is -3.05. The number of hydrogen-bond donors (Lipinski definition) is 0. The lowest BCUT2D eigenvalue weighted by molar-refractivity contribution is 1.48. The van der Waals surface area contributed by atoms with Crippen LogP contribution in [-0.2, 0) is 0 Å². The lowest BCUT2D eigenvalue weighted by atomic mass is 9.93. The summed E-state index contributed by atoms with van der Waals surface area (Å²) < 4.78 is 0. The molecular weight excluding hydrogens is 385 g/mol. The molecule has 1 nitrogen and oxygen atoms in total. The van der Waals surface area contributed by atoms with Gasteiger partial charge in [-0.1, -0.05) is 84.9 Å². The predicted octanol–water partition coefficient (Wildman–Crippen LogP) is 7.95. The molecule has 0 atom stereocenters. The van der Waals surface area contributed by atoms with Gasteiger partial charge in [0, 0.05) is 0 Å². The second-order valence-corrected chi connectivity index (χ2v) is 6.97. The molecule has 28 heavy (non-hydrogen) atoms. The molecule has 0 spiro atoms. The molecule has 3 rings (SSSR count). The van der Waals surface area contributed by atoms with Crippen LogP contribution in [0.5, 0.6) is 0 Å². The molecule has 0 radical (unpaired) electrons. The maximum Gasteiger partial charge on any atom is 0.102 e. The largest absolute Gasteiger partial charge is 0.192 e. The molecule has 0 amide bonds. The van der Waals surface area contributed by atoms with Gasteiger partial charge in [0.25, 0.3) is 0 Å². The van der Waals surface area contributed by atoms with Gasteiger partial charge in [-0.3, -0.25) is 0 Å². The second-order valence-electron chi connectivity index (χ2n) is 6.15. The van der Waals surface area contributed by atoms with E-state index in [4.69, 9.17) is 23.2 Å². The number of benzene rings is 3. The van der Waals surface area contributed by atoms with Gasteiger partial charge < -0.3 is 0 Å². The highest BCUT2D eigenvalue weighted by Crippen LogP contribution is 2.35. The van der Waals surface area contributed by atoms with Crippen LogP contribution < -0.4 is 0 Å². The molecule has 0 aliphatic carbocycles. The third kappa shape index (κ3) is 4.10. The summed E-state index contributed by atoms with van der Waals surface area (Å²) in [5, 5.41) is 9.89. The highest BCUT2D eigenvalue weighted by atomic mass is 35.5. The average molecular weight is 402 g/mol. The number of allylic oxidation sites excluding steroid dienone is 4. The van der Waals surface area contributed by atoms with Crippen molar-refractivity contribution in [1.82, 2.24) is 0 Å². The van der Waals surface area contributed by atoms with E-state index >= 15 is 0 Å². The summed E-state index contributed by atoms with van der Waals surface area (Å²) in [5.41, 5.74) is 6.18. The van der Waals surface area contributed by atoms with Crippen LogP contribution in [0.2, 0.25) is 10.0 Å². The van der Waals surface area contributed by atoms with E-state index in [-0.39, 0.29) is 5.56 Å². The summed E-state index contributed by atoms with van der Waals surface area (Å²) in [4.78, 5) is 0. The van der Waals surface area contributed by atoms with Crippen LogP contribution in [0.25, 0.3) is 27.8 Å². The zero-order valence-corrected chi connectivity index (χ0v) is 16.6. The van der Waals surface area contributed by atoms with E-state index in [1.165, 1.54) is 0 Å². The van der Waals surface area contributed by atoms with Crippen LogP contribution in [0, 0.1) is 11.3 Å². The van der Waals surface area contributed by atoms with Crippen molar-refractivity contribution in [3.8, 4) is 28.3 Å². The maximum absolute atomic E-state index is 9.21. The van der Waals surface area contributed by atoms with E-state index in [0.29, 0.717) is 10.0 Å². The van der Waals surface area contributed by atoms with Gasteiger partial charge in [-0.05, 0) is 63.7 Å². The second kappa shape index (κ2) is 8.76. The molecule has 3 aromatic carbocycles. The number of halogens is 2. The Bertz CT molecular complexity index is 1100. The number of nitriles is 1. The zero-order chi connectivity index (χ0) is 20.1. The SMILES string of the molecule is C=C/C=C(\C=C)c1cc(-c2ccccc2)cc(-c2cc(Cl)c(C#N)c(Cl)c2)c1. The fraction of sp³-hybridized carbons (Fsp3) is 0. The van der Waals surface area contributed by atoms with Crippen molar-refractivity contribution in [1.29, 1.82) is 5.26 Å². The third-order valence-electron chi connectivity index (χ3n) is 4.38. The van der Waals surface area contributed by atoms with Crippen molar-refractivity contribution in [3.05, 3.63) is 113 Å². The Labute approximate surface area is 175 Å². The molecule has 0 saturated heterocycles. The van der Waals surface area contributed by atoms with Gasteiger partial charge in [0.1, 0.15) is 6.07 Å². The van der Waals surface area contributed by atoms with Gasteiger partial charge in [0.15, 0.2) is 0 Å². The number of hydrogen-bond acceptors (Lipinski definition) is 1. The van der Waals surface area contributed by atoms with E-state index in [0.717, 1.165) is 33.4 Å². The van der Waals surface area contributed by atoms with Gasteiger partial charge in [-0.15, -0.1) is 0 Å². The fourth-order valence-corrected chi connectivity index (χ4v) is 3.59. The monoisotopic (exact) mass is 401 g/mol. The van der Waals surface area contributed by atoms with Crippen molar-refractivity contribution >= 4 is 28.8 Å². The average Bonchev–Trinajstić information content (AvgIpc) is 2.72. The Morgan fingerprint density at radius 2 is 1.39 bits per heavy atom. The van der Waals surface area contributed by atoms with E-state index in [1.807, 2.05) is 30.3 Å². The van der Waals surface area contributed by atoms with Crippen LogP contribution in [-0.4, -0.2) is 0 Å². The minimum absolute atomic E-state index is 0.282. The molecule has 0 saturated carbocycles. The van der Waals surface area contributed by atoms with E-state index in [1.54, 1.807) is 24.3 Å². The molecule has 0 N–H and O–H groups in total. The first-order valence-corrected chi connectivity index (χ1v) is 9.38. The van der Waals surface area contributed by atoms with Crippen molar-refractivity contribution in [2.24, 2.45) is 0 Å². The maximum atomic E-state index is 9.21. The van der Waals surface area contributed by atoms with Crippen LogP contribution in [0.15, 0.2) is 92.0 Å². The molecule has 136 valence electrons. The highest BCUT2D eigenvalue weighted by molar-refractivity contribution is 6.37. The van der Waals surface area contributed by atoms with Crippen LogP contribution >= 0.6 is 23.2 Å². The predicted molar refractivity (Wildman–Crippen MR) is 120 cm³/mol. The van der Waals surface area contributed by atoms with Crippen LogP contribution in [0.4, 0.5) is 0 Å². The van der Waals surface area contributed by atoms with Crippen LogP contribution in [0.1, 0.15) is 11.1 Å². The van der Waals surface area contributed by atoms with Gasteiger partial charge in [0.2, 0.25) is 0 Å². The number of rotatable bonds is 5. The van der Waals surface area contributed by atoms with Crippen molar-refractivity contribution in [3.63, 3.8) is 0 Å². The van der Waals surface area contributed by atoms with Gasteiger partial charge in [-0.2, -0.15) is 5.26 Å². The summed E-state index contributed by atoms with van der Waals surface area (Å²) >= 11 is 12.5. The van der Waals surface area contributed by atoms with Crippen molar-refractivity contribution < 1.29 is 0 Å². The Morgan fingerprint density at radius 3 is 1.93 bits per heavy atom. The summed E-state index contributed by atoms with van der Waals surface area (Å²) in [6, 6.07) is 21.9. The smallest absolute Gasteiger partial charge is 0.102 e. The molecule has 0 aromatic heterocycles. The molecular formula is C25H17Cl2N. The first-order valence-electron chi connectivity index (χ1n) is 8.63. The summed E-state index contributed by atoms with van der Waals surface area (Å²) in [6.07, 6.45) is 5.45. The molecule has 3 heteroatoms. The zero-order valence-electron chi connectivity index (χ0n) is 15.1. The first kappa shape index (κ1) is 19.7. The quantitative estimate of drug-likeness (QED) is 0.397. The molecule has 0 unspecified atom stereocenters. The van der Waals surface area contributed by atoms with Gasteiger partial charge in [-0.25, -0.2) is 0 Å². The fourth-order valence-electron chi connectivity index (χ4n) is 3.01. The van der Waals surface area contributed by atoms with Crippen molar-refractivity contribution in [2.75, 3.05) is 0 Å². The molecule has 0 aliphatic rings. The topological polar surface area (TPSA) is 23.8 Å². The Balaban J connectivity index is 2.27. The number of nitrogens with zero attached hydrogens (tertiary/aromatic N) is 1. The lowest BCUT2D eigenvalue weighted by Crippen LogP contribution is -1.89. The van der Waals surface area contributed by atoms with Gasteiger partial charge >= 0.3 is 0 Å². The van der Waals surface area contributed by atoms with E-state index in [9.17, 15) is 5.26 Å². The molecule has 0 fully saturated rings. The summed E-state index contributed by atoms with van der Waals surface area (Å²) in [5.74, 6) is 0. The molecule has 3 aromatic rings.